The second-order valence-electron chi connectivity index (χ2n) is 7.60. The monoisotopic (exact) mass is 429 g/mol. The zero-order valence-corrected chi connectivity index (χ0v) is 18.0. The summed E-state index contributed by atoms with van der Waals surface area (Å²) in [7, 11) is 0. The summed E-state index contributed by atoms with van der Waals surface area (Å²) in [5.74, 6) is 1.80. The Morgan fingerprint density at radius 3 is 2.60 bits per heavy atom. The number of piperidine rings is 1. The quantitative estimate of drug-likeness (QED) is 0.440. The first-order chi connectivity index (χ1) is 14.4. The van der Waals surface area contributed by atoms with Crippen LogP contribution in [0, 0.1) is 5.92 Å². The molecule has 1 fully saturated rings. The standard InChI is InChI=1S/C21H34F3N5O/c1-3-13-30-19-6-5-18(14-27-19)15-28-20(25-4-2)26-10-7-17-8-11-29(12-9-17)16-21(22,23)24/h5-6,14,17H,3-4,7-13,15-16H2,1-2H3,(H2,25,26,28). The van der Waals surface area contributed by atoms with Gasteiger partial charge in [-0.15, -0.1) is 0 Å². The molecular formula is C21H34F3N5O. The van der Waals surface area contributed by atoms with Crippen molar-refractivity contribution in [3.63, 3.8) is 0 Å². The van der Waals surface area contributed by atoms with E-state index < -0.39 is 12.7 Å². The average Bonchev–Trinajstić information content (AvgIpc) is 2.71. The molecule has 2 rings (SSSR count). The van der Waals surface area contributed by atoms with E-state index in [1.54, 1.807) is 6.20 Å². The van der Waals surface area contributed by atoms with Gasteiger partial charge in [0.15, 0.2) is 5.96 Å². The van der Waals surface area contributed by atoms with Gasteiger partial charge in [-0.05, 0) is 57.2 Å². The number of hydrogen-bond acceptors (Lipinski definition) is 4. The van der Waals surface area contributed by atoms with E-state index in [1.165, 1.54) is 4.90 Å². The topological polar surface area (TPSA) is 61.8 Å². The van der Waals surface area contributed by atoms with Crippen molar-refractivity contribution >= 4 is 5.96 Å². The highest BCUT2D eigenvalue weighted by molar-refractivity contribution is 5.79. The van der Waals surface area contributed by atoms with Gasteiger partial charge in [0.25, 0.3) is 0 Å². The minimum Gasteiger partial charge on any atom is -0.478 e. The summed E-state index contributed by atoms with van der Waals surface area (Å²) < 4.78 is 42.9. The maximum Gasteiger partial charge on any atom is 0.401 e. The largest absolute Gasteiger partial charge is 0.478 e. The van der Waals surface area contributed by atoms with Gasteiger partial charge in [-0.3, -0.25) is 4.90 Å². The molecule has 9 heteroatoms. The summed E-state index contributed by atoms with van der Waals surface area (Å²) in [6.45, 7) is 6.96. The predicted molar refractivity (Wildman–Crippen MR) is 113 cm³/mol. The molecule has 2 N–H and O–H groups in total. The molecule has 6 nitrogen and oxygen atoms in total. The Hall–Kier alpha value is -2.03. The number of halogens is 3. The molecule has 1 saturated heterocycles. The minimum atomic E-state index is -4.11. The van der Waals surface area contributed by atoms with E-state index in [0.717, 1.165) is 50.3 Å². The fourth-order valence-electron chi connectivity index (χ4n) is 3.39. The van der Waals surface area contributed by atoms with E-state index in [2.05, 4.69) is 27.5 Å². The number of aliphatic imine (C=N–C) groups is 1. The van der Waals surface area contributed by atoms with Crippen LogP contribution < -0.4 is 15.4 Å². The van der Waals surface area contributed by atoms with Crippen molar-refractivity contribution in [1.82, 2.24) is 20.5 Å². The fourth-order valence-corrected chi connectivity index (χ4v) is 3.39. The number of guanidine groups is 1. The molecule has 1 aromatic heterocycles. The normalized spacial score (nSPS) is 16.5. The van der Waals surface area contributed by atoms with E-state index in [9.17, 15) is 13.2 Å². The van der Waals surface area contributed by atoms with Gasteiger partial charge in [0.1, 0.15) is 0 Å². The van der Waals surface area contributed by atoms with Crippen molar-refractivity contribution in [2.24, 2.45) is 10.9 Å². The predicted octanol–water partition coefficient (Wildman–Crippen LogP) is 3.59. The van der Waals surface area contributed by atoms with E-state index in [4.69, 9.17) is 4.74 Å². The number of aromatic nitrogens is 1. The maximum atomic E-state index is 12.5. The van der Waals surface area contributed by atoms with Crippen LogP contribution in [0.2, 0.25) is 0 Å². The number of pyridine rings is 1. The van der Waals surface area contributed by atoms with Crippen LogP contribution in [0.25, 0.3) is 0 Å². The van der Waals surface area contributed by atoms with Crippen molar-refractivity contribution < 1.29 is 17.9 Å². The number of likely N-dealkylation sites (tertiary alicyclic amines) is 1. The van der Waals surface area contributed by atoms with Gasteiger partial charge in [-0.2, -0.15) is 13.2 Å². The highest BCUT2D eigenvalue weighted by Gasteiger charge is 2.32. The van der Waals surface area contributed by atoms with Gasteiger partial charge in [0, 0.05) is 25.4 Å². The van der Waals surface area contributed by atoms with Gasteiger partial charge in [-0.25, -0.2) is 9.98 Å². The Morgan fingerprint density at radius 2 is 2.00 bits per heavy atom. The maximum absolute atomic E-state index is 12.5. The molecule has 1 aromatic rings. The minimum absolute atomic E-state index is 0.449. The van der Waals surface area contributed by atoms with Gasteiger partial charge < -0.3 is 15.4 Å². The molecule has 0 unspecified atom stereocenters. The lowest BCUT2D eigenvalue weighted by molar-refractivity contribution is -0.148. The highest BCUT2D eigenvalue weighted by atomic mass is 19.4. The third-order valence-electron chi connectivity index (χ3n) is 4.97. The van der Waals surface area contributed by atoms with Gasteiger partial charge in [0.05, 0.1) is 19.7 Å². The first kappa shape index (κ1) is 24.2. The number of nitrogens with one attached hydrogen (secondary N) is 2. The smallest absolute Gasteiger partial charge is 0.401 e. The molecule has 0 spiro atoms. The number of nitrogens with zero attached hydrogens (tertiary/aromatic N) is 3. The van der Waals surface area contributed by atoms with Gasteiger partial charge in [0.2, 0.25) is 5.88 Å². The Morgan fingerprint density at radius 1 is 1.23 bits per heavy atom. The molecule has 2 heterocycles. The van der Waals surface area contributed by atoms with Crippen LogP contribution in [0.4, 0.5) is 13.2 Å². The molecule has 1 aliphatic heterocycles. The Bertz CT molecular complexity index is 629. The fraction of sp³-hybridized carbons (Fsp3) is 0.714. The van der Waals surface area contributed by atoms with E-state index in [1.807, 2.05) is 19.1 Å². The third-order valence-corrected chi connectivity index (χ3v) is 4.97. The van der Waals surface area contributed by atoms with Crippen LogP contribution in [0.5, 0.6) is 5.88 Å². The summed E-state index contributed by atoms with van der Waals surface area (Å²) in [6.07, 6.45) is 1.15. The van der Waals surface area contributed by atoms with Crippen molar-refractivity contribution in [2.45, 2.75) is 52.3 Å². The lowest BCUT2D eigenvalue weighted by atomic mass is 9.93. The van der Waals surface area contributed by atoms with Crippen LogP contribution in [0.15, 0.2) is 23.3 Å². The Kier molecular flexibility index (Phi) is 10.2. The van der Waals surface area contributed by atoms with Crippen molar-refractivity contribution in [3.8, 4) is 5.88 Å². The van der Waals surface area contributed by atoms with Gasteiger partial charge in [-0.1, -0.05) is 13.0 Å². The number of hydrogen-bond donors (Lipinski definition) is 2. The zero-order valence-electron chi connectivity index (χ0n) is 18.0. The summed E-state index contributed by atoms with van der Waals surface area (Å²) in [5, 5.41) is 6.55. The van der Waals surface area contributed by atoms with E-state index in [-0.39, 0.29) is 0 Å². The van der Waals surface area contributed by atoms with Crippen LogP contribution >= 0.6 is 0 Å². The first-order valence-corrected chi connectivity index (χ1v) is 10.8. The Balaban J connectivity index is 1.72. The van der Waals surface area contributed by atoms with Crippen molar-refractivity contribution in [1.29, 1.82) is 0 Å². The second-order valence-corrected chi connectivity index (χ2v) is 7.60. The third kappa shape index (κ3) is 9.65. The SMILES string of the molecule is CCCOc1ccc(CN=C(NCC)NCCC2CCN(CC(F)(F)F)CC2)cn1. The molecule has 0 radical (unpaired) electrons. The number of alkyl halides is 3. The molecule has 0 aromatic carbocycles. The summed E-state index contributed by atoms with van der Waals surface area (Å²) >= 11 is 0. The summed E-state index contributed by atoms with van der Waals surface area (Å²) in [6, 6.07) is 3.81. The van der Waals surface area contributed by atoms with E-state index in [0.29, 0.717) is 38.0 Å². The van der Waals surface area contributed by atoms with Crippen molar-refractivity contribution in [2.75, 3.05) is 39.3 Å². The molecule has 0 amide bonds. The molecule has 30 heavy (non-hydrogen) atoms. The summed E-state index contributed by atoms with van der Waals surface area (Å²) in [4.78, 5) is 10.4. The highest BCUT2D eigenvalue weighted by Crippen LogP contribution is 2.23. The molecule has 0 atom stereocenters. The van der Waals surface area contributed by atoms with Crippen LogP contribution in [-0.4, -0.2) is 61.4 Å². The Labute approximate surface area is 177 Å². The molecule has 0 aliphatic carbocycles. The van der Waals surface area contributed by atoms with E-state index >= 15 is 0 Å². The van der Waals surface area contributed by atoms with Gasteiger partial charge >= 0.3 is 6.18 Å². The molecule has 0 bridgehead atoms. The number of rotatable bonds is 10. The van der Waals surface area contributed by atoms with Crippen LogP contribution in [-0.2, 0) is 6.54 Å². The van der Waals surface area contributed by atoms with Crippen LogP contribution in [0.1, 0.15) is 45.1 Å². The lowest BCUT2D eigenvalue weighted by Crippen LogP contribution is -2.41. The zero-order chi connectivity index (χ0) is 21.8. The summed E-state index contributed by atoms with van der Waals surface area (Å²) in [5.41, 5.74) is 0.994. The molecule has 170 valence electrons. The molecular weight excluding hydrogens is 395 g/mol. The molecule has 1 aliphatic rings. The second kappa shape index (κ2) is 12.6. The average molecular weight is 430 g/mol. The molecule has 0 saturated carbocycles. The lowest BCUT2D eigenvalue weighted by Gasteiger charge is -2.32. The first-order valence-electron chi connectivity index (χ1n) is 10.8. The van der Waals surface area contributed by atoms with Crippen molar-refractivity contribution in [3.05, 3.63) is 23.9 Å². The number of ether oxygens (including phenoxy) is 1. The van der Waals surface area contributed by atoms with Crippen LogP contribution in [0.3, 0.4) is 0 Å².